The molecule has 0 heterocycles. The molecule has 0 aromatic heterocycles. The first-order valence-electron chi connectivity index (χ1n) is 6.46. The lowest BCUT2D eigenvalue weighted by Crippen LogP contribution is -2.35. The van der Waals surface area contributed by atoms with Crippen LogP contribution >= 0.6 is 0 Å². The molecule has 0 saturated heterocycles. The highest BCUT2D eigenvalue weighted by Crippen LogP contribution is 2.35. The minimum absolute atomic E-state index is 0.0232. The normalized spacial score (nSPS) is 15.4. The van der Waals surface area contributed by atoms with E-state index in [0.29, 0.717) is 5.56 Å². The van der Waals surface area contributed by atoms with Gasteiger partial charge in [0, 0.05) is 18.7 Å². The molecule has 0 atom stereocenters. The number of nitrogen functional groups attached to an aromatic ring is 1. The van der Waals surface area contributed by atoms with Crippen LogP contribution in [0.3, 0.4) is 0 Å². The summed E-state index contributed by atoms with van der Waals surface area (Å²) in [7, 11) is -3.89. The largest absolute Gasteiger partial charge is 0.395 e. The predicted molar refractivity (Wildman–Crippen MR) is 76.2 cm³/mol. The summed E-state index contributed by atoms with van der Waals surface area (Å²) in [6.45, 7) is 1.22. The summed E-state index contributed by atoms with van der Waals surface area (Å²) in [6.07, 6.45) is 1.46. The number of nitrogens with two attached hydrogens (primary N) is 1. The Bertz CT molecular complexity index is 670. The summed E-state index contributed by atoms with van der Waals surface area (Å²) < 4.78 is 26.5. The van der Waals surface area contributed by atoms with Gasteiger partial charge in [0.15, 0.2) is 0 Å². The molecule has 1 aromatic carbocycles. The molecule has 1 aromatic rings. The van der Waals surface area contributed by atoms with Gasteiger partial charge in [-0.2, -0.15) is 4.31 Å². The number of nitrogens with zero attached hydrogens (tertiary/aromatic N) is 2. The van der Waals surface area contributed by atoms with E-state index >= 15 is 0 Å². The molecular formula is C12H17N3O5S. The van der Waals surface area contributed by atoms with Crippen molar-refractivity contribution >= 4 is 21.4 Å². The van der Waals surface area contributed by atoms with Crippen LogP contribution in [0.2, 0.25) is 0 Å². The van der Waals surface area contributed by atoms with Crippen molar-refractivity contribution < 1.29 is 18.4 Å². The van der Waals surface area contributed by atoms with Gasteiger partial charge in [0.05, 0.1) is 16.4 Å². The number of hydrogen-bond donors (Lipinski definition) is 2. The van der Waals surface area contributed by atoms with E-state index in [0.717, 1.165) is 18.9 Å². The fourth-order valence-corrected chi connectivity index (χ4v) is 4.13. The first-order valence-corrected chi connectivity index (χ1v) is 7.90. The minimum Gasteiger partial charge on any atom is -0.395 e. The Morgan fingerprint density at radius 2 is 2.10 bits per heavy atom. The molecule has 1 saturated carbocycles. The number of sulfonamides is 1. The number of nitro groups is 1. The molecule has 9 heteroatoms. The van der Waals surface area contributed by atoms with E-state index in [2.05, 4.69) is 0 Å². The average Bonchev–Trinajstić information content (AvgIpc) is 3.18. The number of aryl methyl sites for hydroxylation is 1. The topological polar surface area (TPSA) is 127 Å². The highest BCUT2D eigenvalue weighted by atomic mass is 32.2. The van der Waals surface area contributed by atoms with Crippen LogP contribution in [0.5, 0.6) is 0 Å². The van der Waals surface area contributed by atoms with Gasteiger partial charge >= 0.3 is 0 Å². The maximum atomic E-state index is 12.7. The number of aliphatic hydroxyl groups excluding tert-OH is 1. The Kier molecular flexibility index (Phi) is 4.17. The molecule has 0 radical (unpaired) electrons. The van der Waals surface area contributed by atoms with E-state index in [9.17, 15) is 18.5 Å². The van der Waals surface area contributed by atoms with Crippen LogP contribution < -0.4 is 5.73 Å². The van der Waals surface area contributed by atoms with Gasteiger partial charge in [-0.3, -0.25) is 10.1 Å². The van der Waals surface area contributed by atoms with Crippen LogP contribution in [0, 0.1) is 17.0 Å². The summed E-state index contributed by atoms with van der Waals surface area (Å²) in [5.41, 5.74) is 5.40. The number of benzene rings is 1. The predicted octanol–water partition coefficient (Wildman–Crippen LogP) is 0.631. The van der Waals surface area contributed by atoms with Crippen molar-refractivity contribution in [1.82, 2.24) is 4.31 Å². The summed E-state index contributed by atoms with van der Waals surface area (Å²) >= 11 is 0. The molecule has 1 fully saturated rings. The first-order chi connectivity index (χ1) is 9.78. The third kappa shape index (κ3) is 2.99. The standard InChI is InChI=1S/C12H17N3O5S/c1-8-6-10(13)11(15(17)18)7-12(8)21(19,20)14(4-5-16)9-2-3-9/h6-7,9,16H,2-5,13H2,1H3. The first kappa shape index (κ1) is 15.7. The fourth-order valence-electron chi connectivity index (χ4n) is 2.22. The molecule has 0 spiro atoms. The summed E-state index contributed by atoms with van der Waals surface area (Å²) in [6, 6.07) is 2.14. The summed E-state index contributed by atoms with van der Waals surface area (Å²) in [4.78, 5) is 10.1. The number of rotatable bonds is 6. The summed E-state index contributed by atoms with van der Waals surface area (Å²) in [5.74, 6) is 0. The van der Waals surface area contributed by atoms with Gasteiger partial charge in [0.1, 0.15) is 5.69 Å². The van der Waals surface area contributed by atoms with Gasteiger partial charge in [-0.15, -0.1) is 0 Å². The molecule has 0 unspecified atom stereocenters. The van der Waals surface area contributed by atoms with E-state index in [1.165, 1.54) is 17.3 Å². The van der Waals surface area contributed by atoms with Crippen LogP contribution in [-0.2, 0) is 10.0 Å². The highest BCUT2D eigenvalue weighted by molar-refractivity contribution is 7.89. The Morgan fingerprint density at radius 1 is 1.48 bits per heavy atom. The Balaban J connectivity index is 2.53. The highest BCUT2D eigenvalue weighted by Gasteiger charge is 2.39. The molecule has 1 aliphatic rings. The number of aliphatic hydroxyl groups is 1. The molecular weight excluding hydrogens is 298 g/mol. The van der Waals surface area contributed by atoms with Gasteiger partial charge in [-0.05, 0) is 31.4 Å². The Labute approximate surface area is 122 Å². The summed E-state index contributed by atoms with van der Waals surface area (Å²) in [5, 5.41) is 20.0. The lowest BCUT2D eigenvalue weighted by atomic mass is 10.2. The zero-order valence-electron chi connectivity index (χ0n) is 11.5. The van der Waals surface area contributed by atoms with E-state index in [-0.39, 0.29) is 29.8 Å². The van der Waals surface area contributed by atoms with Crippen molar-refractivity contribution in [3.63, 3.8) is 0 Å². The van der Waals surface area contributed by atoms with E-state index < -0.39 is 20.6 Å². The third-order valence-corrected chi connectivity index (χ3v) is 5.48. The lowest BCUT2D eigenvalue weighted by molar-refractivity contribution is -0.384. The number of nitro benzene ring substituents is 1. The third-order valence-electron chi connectivity index (χ3n) is 3.38. The van der Waals surface area contributed by atoms with Crippen LogP contribution in [0.25, 0.3) is 0 Å². The molecule has 0 bridgehead atoms. The van der Waals surface area contributed by atoms with Crippen LogP contribution in [0.4, 0.5) is 11.4 Å². The van der Waals surface area contributed by atoms with Crippen molar-refractivity contribution in [2.75, 3.05) is 18.9 Å². The second kappa shape index (κ2) is 5.58. The molecule has 2 rings (SSSR count). The Hall–Kier alpha value is -1.71. The van der Waals surface area contributed by atoms with Crippen molar-refractivity contribution in [2.24, 2.45) is 0 Å². The van der Waals surface area contributed by atoms with Gasteiger partial charge in [0.2, 0.25) is 10.0 Å². The molecule has 0 amide bonds. The second-order valence-electron chi connectivity index (χ2n) is 5.00. The van der Waals surface area contributed by atoms with Crippen molar-refractivity contribution in [3.8, 4) is 0 Å². The van der Waals surface area contributed by atoms with E-state index in [1.807, 2.05) is 0 Å². The van der Waals surface area contributed by atoms with Crippen LogP contribution in [0.1, 0.15) is 18.4 Å². The SMILES string of the molecule is Cc1cc(N)c([N+](=O)[O-])cc1S(=O)(=O)N(CCO)C1CC1. The second-order valence-corrected chi connectivity index (χ2v) is 6.86. The van der Waals surface area contributed by atoms with Gasteiger partial charge < -0.3 is 10.8 Å². The fraction of sp³-hybridized carbons (Fsp3) is 0.500. The van der Waals surface area contributed by atoms with Crippen molar-refractivity contribution in [2.45, 2.75) is 30.7 Å². The number of hydrogen-bond acceptors (Lipinski definition) is 6. The van der Waals surface area contributed by atoms with Gasteiger partial charge in [0.25, 0.3) is 5.69 Å². The van der Waals surface area contributed by atoms with E-state index in [4.69, 9.17) is 10.8 Å². The van der Waals surface area contributed by atoms with Crippen molar-refractivity contribution in [3.05, 3.63) is 27.8 Å². The maximum Gasteiger partial charge on any atom is 0.293 e. The molecule has 116 valence electrons. The zero-order chi connectivity index (χ0) is 15.8. The quantitative estimate of drug-likeness (QED) is 0.450. The monoisotopic (exact) mass is 315 g/mol. The molecule has 21 heavy (non-hydrogen) atoms. The molecule has 8 nitrogen and oxygen atoms in total. The molecule has 0 aliphatic heterocycles. The van der Waals surface area contributed by atoms with Crippen LogP contribution in [-0.4, -0.2) is 41.9 Å². The smallest absolute Gasteiger partial charge is 0.293 e. The van der Waals surface area contributed by atoms with Crippen LogP contribution in [0.15, 0.2) is 17.0 Å². The van der Waals surface area contributed by atoms with Gasteiger partial charge in [-0.1, -0.05) is 0 Å². The average molecular weight is 315 g/mol. The van der Waals surface area contributed by atoms with Gasteiger partial charge in [-0.25, -0.2) is 8.42 Å². The number of anilines is 1. The lowest BCUT2D eigenvalue weighted by Gasteiger charge is -2.22. The Morgan fingerprint density at radius 3 is 2.57 bits per heavy atom. The minimum atomic E-state index is -3.89. The van der Waals surface area contributed by atoms with E-state index in [1.54, 1.807) is 0 Å². The molecule has 3 N–H and O–H groups in total. The van der Waals surface area contributed by atoms with Crippen molar-refractivity contribution in [1.29, 1.82) is 0 Å². The zero-order valence-corrected chi connectivity index (χ0v) is 12.3. The maximum absolute atomic E-state index is 12.7. The molecule has 1 aliphatic carbocycles.